The maximum absolute atomic E-state index is 12.9. The molecule has 0 aromatic heterocycles. The van der Waals surface area contributed by atoms with Crippen LogP contribution in [-0.2, 0) is 11.3 Å². The highest BCUT2D eigenvalue weighted by atomic mass is 35.5. The molecule has 1 heterocycles. The molecule has 0 fully saturated rings. The summed E-state index contributed by atoms with van der Waals surface area (Å²) in [6.45, 7) is 5.94. The zero-order valence-electron chi connectivity index (χ0n) is 14.0. The molecule has 1 aliphatic heterocycles. The molecule has 4 nitrogen and oxygen atoms in total. The van der Waals surface area contributed by atoms with Gasteiger partial charge in [-0.05, 0) is 56.2 Å². The fourth-order valence-electron chi connectivity index (χ4n) is 2.80. The Kier molecular flexibility index (Phi) is 4.28. The van der Waals surface area contributed by atoms with Crippen LogP contribution in [0.4, 0.5) is 5.69 Å². The number of hydrogen-bond acceptors (Lipinski definition) is 3. The fourth-order valence-corrected chi connectivity index (χ4v) is 2.92. The summed E-state index contributed by atoms with van der Waals surface area (Å²) in [4.78, 5) is 14.7. The molecular weight excluding hydrogens is 324 g/mol. The lowest BCUT2D eigenvalue weighted by Gasteiger charge is -2.39. The van der Waals surface area contributed by atoms with Crippen molar-refractivity contribution in [2.75, 3.05) is 4.90 Å². The predicted molar refractivity (Wildman–Crippen MR) is 96.4 cm³/mol. The van der Waals surface area contributed by atoms with Gasteiger partial charge in [0.05, 0.1) is 12.2 Å². The molecule has 126 valence electrons. The first-order valence-electron chi connectivity index (χ1n) is 7.93. The smallest absolute Gasteiger partial charge is 0.271 e. The summed E-state index contributed by atoms with van der Waals surface area (Å²) in [5.41, 5.74) is 7.80. The Morgan fingerprint density at radius 3 is 2.50 bits per heavy atom. The molecule has 0 aliphatic carbocycles. The van der Waals surface area contributed by atoms with E-state index >= 15 is 0 Å². The predicted octanol–water partition coefficient (Wildman–Crippen LogP) is 4.06. The number of hydrogen-bond donors (Lipinski definition) is 1. The van der Waals surface area contributed by atoms with Gasteiger partial charge in [-0.3, -0.25) is 4.79 Å². The topological polar surface area (TPSA) is 55.6 Å². The summed E-state index contributed by atoms with van der Waals surface area (Å²) >= 11 is 5.95. The van der Waals surface area contributed by atoms with Crippen LogP contribution in [0.15, 0.2) is 42.5 Å². The normalized spacial score (nSPS) is 17.2. The van der Waals surface area contributed by atoms with E-state index in [9.17, 15) is 4.79 Å². The average Bonchev–Trinajstić information content (AvgIpc) is 2.53. The van der Waals surface area contributed by atoms with Gasteiger partial charge in [-0.2, -0.15) is 0 Å². The number of benzene rings is 2. The molecule has 2 aromatic rings. The van der Waals surface area contributed by atoms with E-state index in [1.165, 1.54) is 0 Å². The molecule has 24 heavy (non-hydrogen) atoms. The molecule has 0 saturated heterocycles. The minimum absolute atomic E-state index is 0.0771. The van der Waals surface area contributed by atoms with Gasteiger partial charge in [0.1, 0.15) is 5.75 Å². The van der Waals surface area contributed by atoms with Crippen molar-refractivity contribution in [3.8, 4) is 5.75 Å². The molecule has 2 N–H and O–H groups in total. The van der Waals surface area contributed by atoms with Crippen molar-refractivity contribution in [3.05, 3.63) is 58.6 Å². The van der Waals surface area contributed by atoms with Gasteiger partial charge in [-0.15, -0.1) is 0 Å². The van der Waals surface area contributed by atoms with Crippen LogP contribution < -0.4 is 15.4 Å². The highest BCUT2D eigenvalue weighted by Gasteiger charge is 2.41. The monoisotopic (exact) mass is 344 g/mol. The first-order valence-corrected chi connectivity index (χ1v) is 8.31. The summed E-state index contributed by atoms with van der Waals surface area (Å²) in [5, 5.41) is 0.673. The maximum Gasteiger partial charge on any atom is 0.271 e. The van der Waals surface area contributed by atoms with Crippen LogP contribution in [0.3, 0.4) is 0 Å². The highest BCUT2D eigenvalue weighted by Crippen LogP contribution is 2.40. The zero-order valence-corrected chi connectivity index (χ0v) is 14.8. The standard InChI is InChI=1S/C19H21ClN2O2/c1-12(21)14-6-9-17-16(10-14)22(18(23)19(2,3)24-17)11-13-4-7-15(20)8-5-13/h4-10,12H,11,21H2,1-3H3. The van der Waals surface area contributed by atoms with E-state index in [1.54, 1.807) is 18.7 Å². The summed E-state index contributed by atoms with van der Waals surface area (Å²) < 4.78 is 5.90. The number of ether oxygens (including phenoxy) is 1. The molecular formula is C19H21ClN2O2. The average molecular weight is 345 g/mol. The molecule has 5 heteroatoms. The molecule has 0 bridgehead atoms. The number of carbonyl (C=O) groups excluding carboxylic acids is 1. The number of fused-ring (bicyclic) bond motifs is 1. The summed E-state index contributed by atoms with van der Waals surface area (Å²) in [7, 11) is 0. The van der Waals surface area contributed by atoms with Gasteiger partial charge in [0.2, 0.25) is 0 Å². The summed E-state index contributed by atoms with van der Waals surface area (Å²) in [5.74, 6) is 0.615. The number of nitrogens with two attached hydrogens (primary N) is 1. The van der Waals surface area contributed by atoms with Gasteiger partial charge < -0.3 is 15.4 Å². The second-order valence-electron chi connectivity index (χ2n) is 6.65. The van der Waals surface area contributed by atoms with Crippen LogP contribution in [-0.4, -0.2) is 11.5 Å². The third-order valence-corrected chi connectivity index (χ3v) is 4.43. The SMILES string of the molecule is CC(N)c1ccc2c(c1)N(Cc1ccc(Cl)cc1)C(=O)C(C)(C)O2. The Morgan fingerprint density at radius 2 is 1.88 bits per heavy atom. The molecule has 3 rings (SSSR count). The lowest BCUT2D eigenvalue weighted by atomic mass is 10.0. The Balaban J connectivity index is 2.04. The number of anilines is 1. The van der Waals surface area contributed by atoms with Crippen LogP contribution in [0, 0.1) is 0 Å². The van der Waals surface area contributed by atoms with Gasteiger partial charge in [0, 0.05) is 11.1 Å². The van der Waals surface area contributed by atoms with Crippen LogP contribution in [0.25, 0.3) is 0 Å². The summed E-state index contributed by atoms with van der Waals surface area (Å²) in [6.07, 6.45) is 0. The van der Waals surface area contributed by atoms with Crippen molar-refractivity contribution in [1.29, 1.82) is 0 Å². The van der Waals surface area contributed by atoms with Crippen molar-refractivity contribution in [1.82, 2.24) is 0 Å². The van der Waals surface area contributed by atoms with Gasteiger partial charge in [-0.25, -0.2) is 0 Å². The van der Waals surface area contributed by atoms with Gasteiger partial charge in [0.15, 0.2) is 5.60 Å². The Bertz CT molecular complexity index is 769. The first kappa shape index (κ1) is 16.8. The van der Waals surface area contributed by atoms with Crippen molar-refractivity contribution in [2.45, 2.75) is 39.0 Å². The van der Waals surface area contributed by atoms with Gasteiger partial charge >= 0.3 is 0 Å². The number of rotatable bonds is 3. The Hall–Kier alpha value is -2.04. The van der Waals surface area contributed by atoms with Gasteiger partial charge in [0.25, 0.3) is 5.91 Å². The Labute approximate surface area is 147 Å². The minimum Gasteiger partial charge on any atom is -0.476 e. The van der Waals surface area contributed by atoms with Crippen LogP contribution in [0.2, 0.25) is 5.02 Å². The van der Waals surface area contributed by atoms with E-state index in [1.807, 2.05) is 49.4 Å². The summed E-state index contributed by atoms with van der Waals surface area (Å²) in [6, 6.07) is 13.1. The lowest BCUT2D eigenvalue weighted by molar-refractivity contribution is -0.132. The third kappa shape index (κ3) is 3.12. The van der Waals surface area contributed by atoms with E-state index in [0.29, 0.717) is 17.3 Å². The molecule has 2 aromatic carbocycles. The van der Waals surface area contributed by atoms with Gasteiger partial charge in [-0.1, -0.05) is 29.8 Å². The quantitative estimate of drug-likeness (QED) is 0.913. The zero-order chi connectivity index (χ0) is 17.5. The number of carbonyl (C=O) groups is 1. The lowest BCUT2D eigenvalue weighted by Crippen LogP contribution is -2.52. The highest BCUT2D eigenvalue weighted by molar-refractivity contribution is 6.30. The molecule has 1 atom stereocenters. The largest absolute Gasteiger partial charge is 0.476 e. The van der Waals surface area contributed by atoms with E-state index in [2.05, 4.69) is 0 Å². The van der Waals surface area contributed by atoms with Crippen LogP contribution in [0.1, 0.15) is 37.9 Å². The van der Waals surface area contributed by atoms with Crippen molar-refractivity contribution >= 4 is 23.2 Å². The molecule has 0 saturated carbocycles. The first-order chi connectivity index (χ1) is 11.3. The molecule has 1 amide bonds. The number of amides is 1. The number of nitrogens with zero attached hydrogens (tertiary/aromatic N) is 1. The van der Waals surface area contributed by atoms with E-state index in [4.69, 9.17) is 22.1 Å². The number of halogens is 1. The molecule has 1 aliphatic rings. The molecule has 0 spiro atoms. The second kappa shape index (κ2) is 6.11. The van der Waals surface area contributed by atoms with Crippen LogP contribution >= 0.6 is 11.6 Å². The second-order valence-corrected chi connectivity index (χ2v) is 7.08. The Morgan fingerprint density at radius 1 is 1.21 bits per heavy atom. The van der Waals surface area contributed by atoms with Crippen LogP contribution in [0.5, 0.6) is 5.75 Å². The fraction of sp³-hybridized carbons (Fsp3) is 0.316. The van der Waals surface area contributed by atoms with Crippen molar-refractivity contribution in [3.63, 3.8) is 0 Å². The van der Waals surface area contributed by atoms with Crippen molar-refractivity contribution < 1.29 is 9.53 Å². The molecule has 1 unspecified atom stereocenters. The third-order valence-electron chi connectivity index (χ3n) is 4.18. The van der Waals surface area contributed by atoms with Crippen molar-refractivity contribution in [2.24, 2.45) is 5.73 Å². The van der Waals surface area contributed by atoms with E-state index in [0.717, 1.165) is 16.8 Å². The molecule has 0 radical (unpaired) electrons. The maximum atomic E-state index is 12.9. The minimum atomic E-state index is -0.907. The van der Waals surface area contributed by atoms with E-state index in [-0.39, 0.29) is 11.9 Å². The van der Waals surface area contributed by atoms with E-state index < -0.39 is 5.60 Å².